The Labute approximate surface area is 151 Å². The second kappa shape index (κ2) is 6.28. The third-order valence-electron chi connectivity index (χ3n) is 4.25. The van der Waals surface area contributed by atoms with Gasteiger partial charge in [0.15, 0.2) is 0 Å². The van der Waals surface area contributed by atoms with Crippen molar-refractivity contribution in [3.63, 3.8) is 0 Å². The Morgan fingerprint density at radius 3 is 2.54 bits per heavy atom. The van der Waals surface area contributed by atoms with Crippen LogP contribution in [-0.2, 0) is 6.18 Å². The summed E-state index contributed by atoms with van der Waals surface area (Å²) in [6, 6.07) is 6.44. The van der Waals surface area contributed by atoms with Gasteiger partial charge in [0.2, 0.25) is 0 Å². The van der Waals surface area contributed by atoms with Crippen LogP contribution in [0.2, 0.25) is 0 Å². The van der Waals surface area contributed by atoms with Gasteiger partial charge >= 0.3 is 6.18 Å². The van der Waals surface area contributed by atoms with E-state index < -0.39 is 17.8 Å². The number of benzene rings is 1. The Balaban J connectivity index is 2.05. The highest BCUT2D eigenvalue weighted by Crippen LogP contribution is 2.38. The molecule has 0 saturated heterocycles. The number of nitrogens with zero attached hydrogens (tertiary/aromatic N) is 1. The first kappa shape index (κ1) is 18.2. The van der Waals surface area contributed by atoms with Gasteiger partial charge in [0.25, 0.3) is 5.91 Å². The standard InChI is InChI=1S/C18H16F3N3OS/c1-8-5-4-6-11(10(8)3)23-16(25)15-14(22)13-9(2)7-12(18(19,20)21)24-17(13)26-15/h4-7H,22H2,1-3H3,(H,23,25). The van der Waals surface area contributed by atoms with Gasteiger partial charge in [-0.1, -0.05) is 12.1 Å². The lowest BCUT2D eigenvalue weighted by Gasteiger charge is -2.10. The molecule has 2 heterocycles. The molecule has 0 aliphatic heterocycles. The first-order chi connectivity index (χ1) is 12.1. The average Bonchev–Trinajstić information content (AvgIpc) is 2.88. The van der Waals surface area contributed by atoms with Gasteiger partial charge in [0.1, 0.15) is 15.4 Å². The lowest BCUT2D eigenvalue weighted by atomic mass is 10.1. The molecule has 0 radical (unpaired) electrons. The van der Waals surface area contributed by atoms with Crippen LogP contribution in [0.4, 0.5) is 24.5 Å². The lowest BCUT2D eigenvalue weighted by molar-refractivity contribution is -0.141. The minimum absolute atomic E-state index is 0.0981. The van der Waals surface area contributed by atoms with Crippen molar-refractivity contribution in [3.8, 4) is 0 Å². The predicted octanol–water partition coefficient (Wildman–Crippen LogP) is 5.07. The summed E-state index contributed by atoms with van der Waals surface area (Å²) in [4.78, 5) is 16.5. The summed E-state index contributed by atoms with van der Waals surface area (Å²) in [6.45, 7) is 5.32. The molecule has 3 N–H and O–H groups in total. The highest BCUT2D eigenvalue weighted by molar-refractivity contribution is 7.21. The van der Waals surface area contributed by atoms with E-state index >= 15 is 0 Å². The maximum atomic E-state index is 13.0. The molecule has 0 unspecified atom stereocenters. The van der Waals surface area contributed by atoms with Crippen LogP contribution in [0.25, 0.3) is 10.2 Å². The fourth-order valence-corrected chi connectivity index (χ4v) is 3.76. The summed E-state index contributed by atoms with van der Waals surface area (Å²) in [5, 5.41) is 3.16. The minimum atomic E-state index is -4.56. The van der Waals surface area contributed by atoms with Crippen LogP contribution >= 0.6 is 11.3 Å². The number of nitrogens with two attached hydrogens (primary N) is 1. The van der Waals surface area contributed by atoms with E-state index in [1.807, 2.05) is 26.0 Å². The highest BCUT2D eigenvalue weighted by Gasteiger charge is 2.34. The maximum absolute atomic E-state index is 13.0. The number of alkyl halides is 3. The van der Waals surface area contributed by atoms with Crippen molar-refractivity contribution in [1.29, 1.82) is 0 Å². The van der Waals surface area contributed by atoms with Crippen molar-refractivity contribution in [2.75, 3.05) is 11.1 Å². The molecule has 26 heavy (non-hydrogen) atoms. The minimum Gasteiger partial charge on any atom is -0.397 e. The SMILES string of the molecule is Cc1cccc(NC(=O)c2sc3nc(C(F)(F)F)cc(C)c3c2N)c1C. The summed E-state index contributed by atoms with van der Waals surface area (Å²) in [5.74, 6) is -0.466. The summed E-state index contributed by atoms with van der Waals surface area (Å²) in [5.41, 5.74) is 8.09. The molecule has 0 atom stereocenters. The highest BCUT2D eigenvalue weighted by atomic mass is 32.1. The smallest absolute Gasteiger partial charge is 0.397 e. The Morgan fingerprint density at radius 1 is 1.19 bits per heavy atom. The third-order valence-corrected chi connectivity index (χ3v) is 5.34. The summed E-state index contributed by atoms with van der Waals surface area (Å²) >= 11 is 0.858. The number of aryl methyl sites for hydroxylation is 2. The molecule has 0 bridgehead atoms. The Kier molecular flexibility index (Phi) is 4.39. The summed E-state index contributed by atoms with van der Waals surface area (Å²) < 4.78 is 38.9. The molecular formula is C18H16F3N3OS. The largest absolute Gasteiger partial charge is 0.433 e. The van der Waals surface area contributed by atoms with E-state index in [0.29, 0.717) is 16.6 Å². The molecule has 1 aromatic carbocycles. The van der Waals surface area contributed by atoms with E-state index in [2.05, 4.69) is 10.3 Å². The van der Waals surface area contributed by atoms with Crippen LogP contribution in [0.1, 0.15) is 32.1 Å². The van der Waals surface area contributed by atoms with Crippen LogP contribution in [0.3, 0.4) is 0 Å². The molecule has 3 aromatic rings. The van der Waals surface area contributed by atoms with Crippen molar-refractivity contribution in [1.82, 2.24) is 4.98 Å². The Hall–Kier alpha value is -2.61. The van der Waals surface area contributed by atoms with Gasteiger partial charge in [0, 0.05) is 11.1 Å². The number of hydrogen-bond acceptors (Lipinski definition) is 4. The number of carbonyl (C=O) groups is 1. The monoisotopic (exact) mass is 379 g/mol. The number of nitrogen functional groups attached to an aromatic ring is 1. The van der Waals surface area contributed by atoms with E-state index in [9.17, 15) is 18.0 Å². The molecule has 8 heteroatoms. The van der Waals surface area contributed by atoms with Gasteiger partial charge in [-0.05, 0) is 49.6 Å². The van der Waals surface area contributed by atoms with Crippen molar-refractivity contribution < 1.29 is 18.0 Å². The average molecular weight is 379 g/mol. The second-order valence-corrected chi connectivity index (χ2v) is 7.05. The number of carbonyl (C=O) groups excluding carboxylic acids is 1. The van der Waals surface area contributed by atoms with Gasteiger partial charge in [0.05, 0.1) is 5.69 Å². The van der Waals surface area contributed by atoms with Gasteiger partial charge in [-0.2, -0.15) is 13.2 Å². The fourth-order valence-electron chi connectivity index (χ4n) is 2.69. The second-order valence-electron chi connectivity index (χ2n) is 6.05. The molecule has 1 amide bonds. The molecule has 0 fully saturated rings. The predicted molar refractivity (Wildman–Crippen MR) is 97.6 cm³/mol. The number of anilines is 2. The van der Waals surface area contributed by atoms with Gasteiger partial charge < -0.3 is 11.1 Å². The van der Waals surface area contributed by atoms with E-state index in [4.69, 9.17) is 5.73 Å². The zero-order valence-electron chi connectivity index (χ0n) is 14.3. The summed E-state index contributed by atoms with van der Waals surface area (Å²) in [7, 11) is 0. The van der Waals surface area contributed by atoms with Crippen LogP contribution in [0, 0.1) is 20.8 Å². The number of pyridine rings is 1. The first-order valence-electron chi connectivity index (χ1n) is 7.74. The molecule has 0 aliphatic carbocycles. The zero-order valence-corrected chi connectivity index (χ0v) is 15.1. The van der Waals surface area contributed by atoms with E-state index in [-0.39, 0.29) is 15.4 Å². The van der Waals surface area contributed by atoms with E-state index in [1.165, 1.54) is 6.92 Å². The number of halogens is 3. The number of nitrogens with one attached hydrogen (secondary N) is 1. The van der Waals surface area contributed by atoms with Crippen LogP contribution in [0.5, 0.6) is 0 Å². The molecule has 0 saturated carbocycles. The fraction of sp³-hybridized carbons (Fsp3) is 0.222. The number of aromatic nitrogens is 1. The number of fused-ring (bicyclic) bond motifs is 1. The topological polar surface area (TPSA) is 68.0 Å². The van der Waals surface area contributed by atoms with Crippen LogP contribution < -0.4 is 11.1 Å². The van der Waals surface area contributed by atoms with Crippen molar-refractivity contribution in [2.24, 2.45) is 0 Å². The molecule has 136 valence electrons. The number of hydrogen-bond donors (Lipinski definition) is 2. The summed E-state index contributed by atoms with van der Waals surface area (Å²) in [6.07, 6.45) is -4.56. The molecule has 3 rings (SSSR count). The van der Waals surface area contributed by atoms with Gasteiger partial charge in [-0.25, -0.2) is 4.98 Å². The van der Waals surface area contributed by atoms with E-state index in [0.717, 1.165) is 28.5 Å². The molecule has 0 spiro atoms. The zero-order chi connectivity index (χ0) is 19.2. The van der Waals surface area contributed by atoms with Crippen molar-refractivity contribution in [3.05, 3.63) is 51.5 Å². The number of rotatable bonds is 2. The number of amides is 1. The molecular weight excluding hydrogens is 363 g/mol. The normalized spacial score (nSPS) is 11.8. The van der Waals surface area contributed by atoms with Crippen LogP contribution in [-0.4, -0.2) is 10.9 Å². The molecule has 4 nitrogen and oxygen atoms in total. The number of thiophene rings is 1. The Bertz CT molecular complexity index is 1020. The van der Waals surface area contributed by atoms with Gasteiger partial charge in [-0.3, -0.25) is 4.79 Å². The van der Waals surface area contributed by atoms with E-state index in [1.54, 1.807) is 6.07 Å². The third kappa shape index (κ3) is 3.12. The molecule has 0 aliphatic rings. The maximum Gasteiger partial charge on any atom is 0.433 e. The van der Waals surface area contributed by atoms with Gasteiger partial charge in [-0.15, -0.1) is 11.3 Å². The lowest BCUT2D eigenvalue weighted by Crippen LogP contribution is -2.13. The van der Waals surface area contributed by atoms with Crippen molar-refractivity contribution in [2.45, 2.75) is 26.9 Å². The quantitative estimate of drug-likeness (QED) is 0.653. The van der Waals surface area contributed by atoms with Crippen LogP contribution in [0.15, 0.2) is 24.3 Å². The first-order valence-corrected chi connectivity index (χ1v) is 8.55. The Morgan fingerprint density at radius 2 is 1.88 bits per heavy atom. The molecule has 2 aromatic heterocycles. The van der Waals surface area contributed by atoms with Crippen molar-refractivity contribution >= 4 is 38.8 Å².